The molecule has 5 heteroatoms. The molecule has 1 amide bonds. The van der Waals surface area contributed by atoms with Crippen molar-refractivity contribution in [3.05, 3.63) is 75.7 Å². The number of nitrogens with zero attached hydrogens (tertiary/aromatic N) is 1. The van der Waals surface area contributed by atoms with E-state index in [1.807, 2.05) is 24.3 Å². The topological polar surface area (TPSA) is 42.2 Å². The van der Waals surface area contributed by atoms with E-state index in [2.05, 4.69) is 74.4 Å². The fraction of sp³-hybridized carbons (Fsp3) is 0.556. The van der Waals surface area contributed by atoms with E-state index in [0.717, 1.165) is 17.7 Å². The quantitative estimate of drug-likeness (QED) is 0.121. The van der Waals surface area contributed by atoms with Crippen molar-refractivity contribution in [2.24, 2.45) is 0 Å². The van der Waals surface area contributed by atoms with Gasteiger partial charge in [0.25, 0.3) is 5.91 Å². The summed E-state index contributed by atoms with van der Waals surface area (Å²) >= 11 is 1.72. The van der Waals surface area contributed by atoms with Crippen LogP contribution in [0.2, 0.25) is 0 Å². The number of ether oxygens (including phenoxy) is 1. The van der Waals surface area contributed by atoms with Crippen LogP contribution in [0, 0.1) is 6.92 Å². The largest absolute Gasteiger partial charge is 0.493 e. The summed E-state index contributed by atoms with van der Waals surface area (Å²) in [6.07, 6.45) is 17.9. The smallest absolute Gasteiger partial charge is 0.259 e. The van der Waals surface area contributed by atoms with E-state index in [9.17, 15) is 4.79 Å². The Labute approximate surface area is 253 Å². The lowest BCUT2D eigenvalue weighted by Gasteiger charge is -2.21. The summed E-state index contributed by atoms with van der Waals surface area (Å²) in [6.45, 7) is 12.3. The number of hydrogen-bond donors (Lipinski definition) is 1. The lowest BCUT2D eigenvalue weighted by molar-refractivity contribution is -0.683. The lowest BCUT2D eigenvalue weighted by Crippen LogP contribution is -2.31. The second kappa shape index (κ2) is 17.3. The van der Waals surface area contributed by atoms with Crippen molar-refractivity contribution in [1.82, 2.24) is 0 Å². The minimum Gasteiger partial charge on any atom is -0.493 e. The Morgan fingerprint density at radius 2 is 1.51 bits per heavy atom. The van der Waals surface area contributed by atoms with Gasteiger partial charge in [-0.3, -0.25) is 4.79 Å². The number of thiazole rings is 1. The molecular formula is C36H53N2O2S+. The van der Waals surface area contributed by atoms with Crippen molar-refractivity contribution in [3.8, 4) is 5.75 Å². The average molecular weight is 578 g/mol. The van der Waals surface area contributed by atoms with Gasteiger partial charge >= 0.3 is 0 Å². The number of unbranched alkanes of at least 4 members (excludes halogenated alkanes) is 11. The summed E-state index contributed by atoms with van der Waals surface area (Å²) in [5.41, 5.74) is 5.76. The molecule has 0 radical (unpaired) electrons. The Bertz CT molecular complexity index is 1190. The summed E-state index contributed by atoms with van der Waals surface area (Å²) in [5, 5.41) is 3.17. The van der Waals surface area contributed by atoms with Gasteiger partial charge < -0.3 is 10.1 Å². The monoisotopic (exact) mass is 577 g/mol. The molecular weight excluding hydrogens is 524 g/mol. The molecule has 0 saturated heterocycles. The van der Waals surface area contributed by atoms with Crippen LogP contribution < -0.4 is 14.6 Å². The molecule has 41 heavy (non-hydrogen) atoms. The average Bonchev–Trinajstić information content (AvgIpc) is 3.36. The number of anilines is 1. The third-order valence-electron chi connectivity index (χ3n) is 7.69. The van der Waals surface area contributed by atoms with Crippen molar-refractivity contribution in [2.75, 3.05) is 11.9 Å². The van der Waals surface area contributed by atoms with Gasteiger partial charge in [-0.25, -0.2) is 0 Å². The zero-order valence-electron chi connectivity index (χ0n) is 26.3. The molecule has 1 aromatic heterocycles. The maximum absolute atomic E-state index is 13.5. The van der Waals surface area contributed by atoms with Gasteiger partial charge in [-0.1, -0.05) is 134 Å². The van der Waals surface area contributed by atoms with Crippen LogP contribution in [0.4, 0.5) is 5.69 Å². The lowest BCUT2D eigenvalue weighted by atomic mass is 9.86. The van der Waals surface area contributed by atoms with Gasteiger partial charge in [-0.05, 0) is 42.5 Å². The van der Waals surface area contributed by atoms with Gasteiger partial charge in [0.15, 0.2) is 12.7 Å². The van der Waals surface area contributed by atoms with Crippen LogP contribution >= 0.6 is 11.3 Å². The zero-order valence-corrected chi connectivity index (χ0v) is 27.1. The number of aryl methyl sites for hydroxylation is 1. The summed E-state index contributed by atoms with van der Waals surface area (Å²) < 4.78 is 8.45. The number of nitrogens with one attached hydrogen (secondary N) is 1. The molecule has 0 fully saturated rings. The third kappa shape index (κ3) is 11.6. The minimum atomic E-state index is -0.130. The Kier molecular flexibility index (Phi) is 13.9. The van der Waals surface area contributed by atoms with E-state index in [1.54, 1.807) is 11.3 Å². The molecule has 1 heterocycles. The minimum absolute atomic E-state index is 0.0222. The Morgan fingerprint density at radius 1 is 0.878 bits per heavy atom. The number of carbonyl (C=O) groups is 1. The fourth-order valence-corrected chi connectivity index (χ4v) is 5.75. The maximum atomic E-state index is 13.5. The van der Waals surface area contributed by atoms with Crippen LogP contribution in [0.15, 0.2) is 54.2 Å². The van der Waals surface area contributed by atoms with Crippen LogP contribution in [0.5, 0.6) is 5.75 Å². The third-order valence-corrected chi connectivity index (χ3v) is 8.54. The summed E-state index contributed by atoms with van der Waals surface area (Å²) in [5.74, 6) is 0.549. The molecule has 3 aromatic rings. The highest BCUT2D eigenvalue weighted by atomic mass is 32.1. The first-order valence-corrected chi connectivity index (χ1v) is 16.8. The molecule has 0 saturated carbocycles. The molecule has 0 spiro atoms. The van der Waals surface area contributed by atoms with Gasteiger partial charge in [0.05, 0.1) is 22.7 Å². The van der Waals surface area contributed by atoms with Crippen molar-refractivity contribution in [2.45, 2.75) is 124 Å². The number of rotatable bonds is 18. The number of hydrogen-bond acceptors (Lipinski definition) is 3. The molecule has 0 aliphatic carbocycles. The van der Waals surface area contributed by atoms with Crippen LogP contribution in [-0.2, 0) is 12.0 Å². The first-order chi connectivity index (χ1) is 19.8. The van der Waals surface area contributed by atoms with Crippen molar-refractivity contribution in [3.63, 3.8) is 0 Å². The van der Waals surface area contributed by atoms with Gasteiger partial charge in [0, 0.05) is 5.56 Å². The second-order valence-electron chi connectivity index (χ2n) is 12.4. The van der Waals surface area contributed by atoms with E-state index < -0.39 is 0 Å². The highest BCUT2D eigenvalue weighted by Gasteiger charge is 2.20. The van der Waals surface area contributed by atoms with E-state index in [0.29, 0.717) is 24.5 Å². The normalized spacial score (nSPS) is 11.5. The summed E-state index contributed by atoms with van der Waals surface area (Å²) in [7, 11) is 0. The molecule has 0 aliphatic heterocycles. The first-order valence-electron chi connectivity index (χ1n) is 15.9. The van der Waals surface area contributed by atoms with Crippen molar-refractivity contribution in [1.29, 1.82) is 0 Å². The predicted octanol–water partition coefficient (Wildman–Crippen LogP) is 10.0. The number of amides is 1. The molecule has 0 bridgehead atoms. The molecule has 0 aliphatic rings. The highest BCUT2D eigenvalue weighted by molar-refractivity contribution is 7.09. The van der Waals surface area contributed by atoms with Crippen LogP contribution in [0.1, 0.15) is 131 Å². The number of para-hydroxylation sites is 1. The Morgan fingerprint density at radius 3 is 2.12 bits per heavy atom. The Balaban J connectivity index is 1.53. The molecule has 0 unspecified atom stereocenters. The molecule has 2 aromatic carbocycles. The summed E-state index contributed by atoms with van der Waals surface area (Å²) in [4.78, 5) is 14.8. The predicted molar refractivity (Wildman–Crippen MR) is 174 cm³/mol. The van der Waals surface area contributed by atoms with Gasteiger partial charge in [0.1, 0.15) is 5.75 Å². The van der Waals surface area contributed by atoms with Crippen LogP contribution in [0.25, 0.3) is 0 Å². The molecule has 1 N–H and O–H groups in total. The van der Waals surface area contributed by atoms with E-state index >= 15 is 0 Å². The van der Waals surface area contributed by atoms with Crippen LogP contribution in [0.3, 0.4) is 0 Å². The first kappa shape index (κ1) is 32.8. The number of carbonyl (C=O) groups excluding carboxylic acids is 1. The molecule has 4 nitrogen and oxygen atoms in total. The maximum Gasteiger partial charge on any atom is 0.259 e. The zero-order chi connectivity index (χ0) is 29.5. The van der Waals surface area contributed by atoms with E-state index in [-0.39, 0.29) is 11.3 Å². The molecule has 3 rings (SSSR count). The van der Waals surface area contributed by atoms with Gasteiger partial charge in [0.2, 0.25) is 5.51 Å². The number of benzene rings is 2. The van der Waals surface area contributed by atoms with Gasteiger partial charge in [-0.15, -0.1) is 0 Å². The molecule has 0 atom stereocenters. The summed E-state index contributed by atoms with van der Waals surface area (Å²) in [6, 6.07) is 14.1. The molecule has 224 valence electrons. The number of aromatic nitrogens is 1. The second-order valence-corrected chi connectivity index (χ2v) is 13.5. The standard InChI is InChI=1S/C36H52N2O2S/c1-6-7-8-9-10-11-12-13-14-15-16-19-24-40-34-25-31(36(3,4)5)22-23-32(34)35(39)37-33-21-18-17-20-30(33)27-38-26-29(2)41-28-38/h17-18,20-23,25-26,28H,6-16,19,24,27H2,1-5H3/p+1. The van der Waals surface area contributed by atoms with Crippen molar-refractivity contribution < 1.29 is 14.1 Å². The SMILES string of the molecule is CCCCCCCCCCCCCCOc1cc(C(C)(C)C)ccc1C(=O)Nc1ccccc1C[n+]1csc(C)c1. The van der Waals surface area contributed by atoms with E-state index in [4.69, 9.17) is 4.74 Å². The van der Waals surface area contributed by atoms with Gasteiger partial charge in [-0.2, -0.15) is 4.57 Å². The highest BCUT2D eigenvalue weighted by Crippen LogP contribution is 2.30. The van der Waals surface area contributed by atoms with Crippen LogP contribution in [-0.4, -0.2) is 12.5 Å². The fourth-order valence-electron chi connectivity index (χ4n) is 5.12. The van der Waals surface area contributed by atoms with E-state index in [1.165, 1.54) is 81.1 Å². The Hall–Kier alpha value is -2.66. The van der Waals surface area contributed by atoms with Crippen molar-refractivity contribution >= 4 is 22.9 Å².